The van der Waals surface area contributed by atoms with Crippen LogP contribution in [-0.4, -0.2) is 36.2 Å². The van der Waals surface area contributed by atoms with Crippen LogP contribution in [0.15, 0.2) is 6.20 Å². The van der Waals surface area contributed by atoms with Crippen LogP contribution in [0.25, 0.3) is 0 Å². The quantitative estimate of drug-likeness (QED) is 0.870. The van der Waals surface area contributed by atoms with E-state index < -0.39 is 9.84 Å². The fourth-order valence-electron chi connectivity index (χ4n) is 2.81. The fraction of sp³-hybridized carbons (Fsp3) is 0.769. The van der Waals surface area contributed by atoms with E-state index in [1.54, 1.807) is 10.9 Å². The van der Waals surface area contributed by atoms with Crippen molar-refractivity contribution in [3.63, 3.8) is 0 Å². The Morgan fingerprint density at radius 2 is 2.35 bits per heavy atom. The first-order valence-corrected chi connectivity index (χ1v) is 9.24. The number of rotatable bonds is 6. The second-order valence-corrected chi connectivity index (χ2v) is 8.15. The first-order chi connectivity index (χ1) is 9.43. The standard InChI is InChI=1S/C13H22ClN3O2S/c1-3-5-15-12(13-11(14)8-16-17(13)2)7-10-4-6-20(18,19)9-10/h8,10,12,15H,3-7,9H2,1-2H3. The van der Waals surface area contributed by atoms with Gasteiger partial charge in [-0.05, 0) is 31.7 Å². The summed E-state index contributed by atoms with van der Waals surface area (Å²) in [5.74, 6) is 0.824. The van der Waals surface area contributed by atoms with Crippen molar-refractivity contribution in [1.29, 1.82) is 0 Å². The van der Waals surface area contributed by atoms with Crippen molar-refractivity contribution >= 4 is 21.4 Å². The molecule has 5 nitrogen and oxygen atoms in total. The van der Waals surface area contributed by atoms with E-state index in [0.717, 1.165) is 31.5 Å². The van der Waals surface area contributed by atoms with Gasteiger partial charge in [-0.1, -0.05) is 18.5 Å². The van der Waals surface area contributed by atoms with Gasteiger partial charge < -0.3 is 5.32 Å². The molecule has 0 bridgehead atoms. The molecule has 0 radical (unpaired) electrons. The summed E-state index contributed by atoms with van der Waals surface area (Å²) < 4.78 is 25.0. The third kappa shape index (κ3) is 3.74. The Kier molecular flexibility index (Phi) is 5.09. The van der Waals surface area contributed by atoms with Crippen LogP contribution in [0.4, 0.5) is 0 Å². The van der Waals surface area contributed by atoms with Crippen LogP contribution >= 0.6 is 11.6 Å². The number of halogens is 1. The molecule has 1 aromatic heterocycles. The van der Waals surface area contributed by atoms with Gasteiger partial charge in [-0.15, -0.1) is 0 Å². The highest BCUT2D eigenvalue weighted by Crippen LogP contribution is 2.31. The first kappa shape index (κ1) is 15.8. The van der Waals surface area contributed by atoms with Gasteiger partial charge in [-0.3, -0.25) is 4.68 Å². The van der Waals surface area contributed by atoms with E-state index in [2.05, 4.69) is 17.3 Å². The lowest BCUT2D eigenvalue weighted by Crippen LogP contribution is -2.27. The van der Waals surface area contributed by atoms with Crippen molar-refractivity contribution in [2.24, 2.45) is 13.0 Å². The molecule has 1 saturated heterocycles. The molecule has 1 aliphatic heterocycles. The summed E-state index contributed by atoms with van der Waals surface area (Å²) in [5.41, 5.74) is 0.949. The van der Waals surface area contributed by atoms with Gasteiger partial charge in [0.05, 0.1) is 34.5 Å². The van der Waals surface area contributed by atoms with Crippen LogP contribution in [0.5, 0.6) is 0 Å². The lowest BCUT2D eigenvalue weighted by molar-refractivity contribution is 0.397. The van der Waals surface area contributed by atoms with Crippen LogP contribution < -0.4 is 5.32 Å². The highest BCUT2D eigenvalue weighted by molar-refractivity contribution is 7.91. The van der Waals surface area contributed by atoms with E-state index in [9.17, 15) is 8.42 Å². The summed E-state index contributed by atoms with van der Waals surface area (Å²) in [4.78, 5) is 0. The van der Waals surface area contributed by atoms with Crippen LogP contribution in [0.3, 0.4) is 0 Å². The molecule has 1 fully saturated rings. The molecule has 0 aliphatic carbocycles. The number of nitrogens with one attached hydrogen (secondary N) is 1. The molecular formula is C13H22ClN3O2S. The van der Waals surface area contributed by atoms with Crippen LogP contribution in [0.1, 0.15) is 37.9 Å². The van der Waals surface area contributed by atoms with Crippen molar-refractivity contribution < 1.29 is 8.42 Å². The van der Waals surface area contributed by atoms with Gasteiger partial charge in [0.2, 0.25) is 0 Å². The summed E-state index contributed by atoms with van der Waals surface area (Å²) in [7, 11) is -0.966. The third-order valence-electron chi connectivity index (χ3n) is 3.80. The molecule has 20 heavy (non-hydrogen) atoms. The van der Waals surface area contributed by atoms with E-state index in [1.165, 1.54) is 0 Å². The van der Waals surface area contributed by atoms with Crippen LogP contribution in [0.2, 0.25) is 5.02 Å². The Hall–Kier alpha value is -0.590. The van der Waals surface area contributed by atoms with Crippen molar-refractivity contribution in [2.45, 2.75) is 32.2 Å². The normalized spacial score (nSPS) is 23.1. The predicted molar refractivity (Wildman–Crippen MR) is 80.6 cm³/mol. The minimum Gasteiger partial charge on any atom is -0.309 e. The van der Waals surface area contributed by atoms with Gasteiger partial charge in [0.1, 0.15) is 0 Å². The Bertz CT molecular complexity index is 536. The number of sulfone groups is 1. The molecule has 1 aliphatic rings. The lowest BCUT2D eigenvalue weighted by Gasteiger charge is -2.22. The zero-order chi connectivity index (χ0) is 14.8. The Morgan fingerprint density at radius 1 is 1.60 bits per heavy atom. The molecule has 7 heteroatoms. The highest BCUT2D eigenvalue weighted by atomic mass is 35.5. The molecule has 2 rings (SSSR count). The van der Waals surface area contributed by atoms with Crippen molar-refractivity contribution in [2.75, 3.05) is 18.1 Å². The molecule has 0 saturated carbocycles. The molecule has 0 spiro atoms. The largest absolute Gasteiger partial charge is 0.309 e. The van der Waals surface area contributed by atoms with Gasteiger partial charge in [-0.2, -0.15) is 5.10 Å². The number of aryl methyl sites for hydroxylation is 1. The molecule has 0 aromatic carbocycles. The molecule has 1 aromatic rings. The number of aromatic nitrogens is 2. The zero-order valence-corrected chi connectivity index (χ0v) is 13.5. The van der Waals surface area contributed by atoms with E-state index in [0.29, 0.717) is 16.5 Å². The lowest BCUT2D eigenvalue weighted by atomic mass is 9.97. The minimum absolute atomic E-state index is 0.0632. The predicted octanol–water partition coefficient (Wildman–Crippen LogP) is 1.94. The number of hydrogen-bond donors (Lipinski definition) is 1. The molecule has 2 unspecified atom stereocenters. The average Bonchev–Trinajstić information content (AvgIpc) is 2.88. The second kappa shape index (κ2) is 6.45. The summed E-state index contributed by atoms with van der Waals surface area (Å²) in [6.07, 6.45) is 4.21. The average molecular weight is 320 g/mol. The van der Waals surface area contributed by atoms with E-state index in [-0.39, 0.29) is 12.0 Å². The molecule has 1 N–H and O–H groups in total. The molecule has 2 heterocycles. The summed E-state index contributed by atoms with van der Waals surface area (Å²) >= 11 is 6.22. The van der Waals surface area contributed by atoms with E-state index >= 15 is 0 Å². The maximum absolute atomic E-state index is 11.6. The van der Waals surface area contributed by atoms with Gasteiger partial charge in [0, 0.05) is 7.05 Å². The summed E-state index contributed by atoms with van der Waals surface area (Å²) in [6.45, 7) is 2.99. The van der Waals surface area contributed by atoms with Crippen molar-refractivity contribution in [1.82, 2.24) is 15.1 Å². The van der Waals surface area contributed by atoms with E-state index in [1.807, 2.05) is 7.05 Å². The maximum Gasteiger partial charge on any atom is 0.150 e. The third-order valence-corrected chi connectivity index (χ3v) is 5.93. The SMILES string of the molecule is CCCNC(CC1CCS(=O)(=O)C1)c1c(Cl)cnn1C. The first-order valence-electron chi connectivity index (χ1n) is 7.04. The summed E-state index contributed by atoms with van der Waals surface area (Å²) in [5, 5.41) is 8.28. The highest BCUT2D eigenvalue weighted by Gasteiger charge is 2.31. The van der Waals surface area contributed by atoms with E-state index in [4.69, 9.17) is 11.6 Å². The monoisotopic (exact) mass is 319 g/mol. The Labute approximate surface area is 125 Å². The second-order valence-electron chi connectivity index (χ2n) is 5.51. The summed E-state index contributed by atoms with van der Waals surface area (Å²) in [6, 6.07) is 0.0632. The molecular weight excluding hydrogens is 298 g/mol. The number of nitrogens with zero attached hydrogens (tertiary/aromatic N) is 2. The maximum atomic E-state index is 11.6. The van der Waals surface area contributed by atoms with Gasteiger partial charge in [-0.25, -0.2) is 8.42 Å². The van der Waals surface area contributed by atoms with Crippen molar-refractivity contribution in [3.05, 3.63) is 16.9 Å². The van der Waals surface area contributed by atoms with Gasteiger partial charge in [0.15, 0.2) is 9.84 Å². The molecule has 2 atom stereocenters. The molecule has 114 valence electrons. The Balaban J connectivity index is 2.12. The molecule has 0 amide bonds. The fourth-order valence-corrected chi connectivity index (χ4v) is 4.99. The topological polar surface area (TPSA) is 64.0 Å². The Morgan fingerprint density at radius 3 is 2.85 bits per heavy atom. The van der Waals surface area contributed by atoms with Gasteiger partial charge >= 0.3 is 0 Å². The smallest absolute Gasteiger partial charge is 0.150 e. The number of hydrogen-bond acceptors (Lipinski definition) is 4. The van der Waals surface area contributed by atoms with Crippen LogP contribution in [0, 0.1) is 5.92 Å². The van der Waals surface area contributed by atoms with Gasteiger partial charge in [0.25, 0.3) is 0 Å². The zero-order valence-electron chi connectivity index (χ0n) is 12.0. The minimum atomic E-state index is -2.83. The van der Waals surface area contributed by atoms with Crippen molar-refractivity contribution in [3.8, 4) is 0 Å². The van der Waals surface area contributed by atoms with Crippen LogP contribution in [-0.2, 0) is 16.9 Å².